The largest absolute Gasteiger partial charge is 0.508 e. The average molecular weight is 301 g/mol. The Balaban J connectivity index is 2.34. The lowest BCUT2D eigenvalue weighted by Crippen LogP contribution is -2.15. The highest BCUT2D eigenvalue weighted by Crippen LogP contribution is 2.18. The fraction of sp³-hybridized carbons (Fsp3) is 0. The lowest BCUT2D eigenvalue weighted by molar-refractivity contribution is 0.475. The Kier molecular flexibility index (Phi) is 3.50. The van der Waals surface area contributed by atoms with Crippen LogP contribution in [0.25, 0.3) is 0 Å². The highest BCUT2D eigenvalue weighted by Gasteiger charge is 2.15. The molecule has 0 fully saturated rings. The highest BCUT2D eigenvalue weighted by molar-refractivity contribution is 7.92. The topological polar surface area (TPSA) is 99.3 Å². The Morgan fingerprint density at radius 1 is 1.21 bits per heavy atom. The molecule has 0 unspecified atom stereocenters. The summed E-state index contributed by atoms with van der Waals surface area (Å²) >= 11 is 5.57. The number of H-pyrrole nitrogens is 1. The Bertz CT molecular complexity index is 753. The molecule has 2 aromatic rings. The first-order valence-electron chi connectivity index (χ1n) is 5.08. The second-order valence-electron chi connectivity index (χ2n) is 3.66. The summed E-state index contributed by atoms with van der Waals surface area (Å²) in [5.74, 6) is 0.0232. The number of hydrogen-bond donors (Lipinski definition) is 3. The van der Waals surface area contributed by atoms with E-state index in [-0.39, 0.29) is 21.4 Å². The first kappa shape index (κ1) is 13.4. The first-order valence-corrected chi connectivity index (χ1v) is 6.95. The molecule has 1 aromatic carbocycles. The summed E-state index contributed by atoms with van der Waals surface area (Å²) in [6, 6.07) is 6.55. The zero-order valence-corrected chi connectivity index (χ0v) is 11.0. The summed E-state index contributed by atoms with van der Waals surface area (Å²) < 4.78 is 26.3. The third-order valence-corrected chi connectivity index (χ3v) is 3.90. The van der Waals surface area contributed by atoms with Gasteiger partial charge in [-0.2, -0.15) is 0 Å². The lowest BCUT2D eigenvalue weighted by Gasteiger charge is -2.08. The number of aromatic nitrogens is 1. The molecule has 0 radical (unpaired) electrons. The number of hydrogen-bond acceptors (Lipinski definition) is 4. The van der Waals surface area contributed by atoms with Gasteiger partial charge in [-0.15, -0.1) is 0 Å². The van der Waals surface area contributed by atoms with E-state index in [1.807, 2.05) is 0 Å². The number of phenolic OH excluding ortho intramolecular Hbond substituents is 1. The Morgan fingerprint density at radius 2 is 1.84 bits per heavy atom. The number of anilines is 1. The van der Waals surface area contributed by atoms with Gasteiger partial charge < -0.3 is 10.1 Å². The molecule has 0 bridgehead atoms. The van der Waals surface area contributed by atoms with Crippen molar-refractivity contribution in [3.63, 3.8) is 0 Å². The molecule has 0 spiro atoms. The maximum atomic E-state index is 12.0. The van der Waals surface area contributed by atoms with E-state index in [1.165, 1.54) is 24.3 Å². The summed E-state index contributed by atoms with van der Waals surface area (Å²) in [4.78, 5) is 13.1. The predicted octanol–water partition coefficient (Wildman–Crippen LogP) is 1.53. The fourth-order valence-electron chi connectivity index (χ4n) is 1.34. The quantitative estimate of drug-likeness (QED) is 0.749. The highest BCUT2D eigenvalue weighted by atomic mass is 35.5. The summed E-state index contributed by atoms with van der Waals surface area (Å²) in [6.07, 6.45) is 1.05. The number of aromatic hydroxyl groups is 1. The van der Waals surface area contributed by atoms with Crippen LogP contribution >= 0.6 is 11.6 Å². The first-order chi connectivity index (χ1) is 8.88. The van der Waals surface area contributed by atoms with Crippen molar-refractivity contribution in [1.82, 2.24) is 4.98 Å². The Labute approximate surface area is 113 Å². The smallest absolute Gasteiger partial charge is 0.266 e. The zero-order valence-electron chi connectivity index (χ0n) is 9.42. The van der Waals surface area contributed by atoms with Crippen molar-refractivity contribution < 1.29 is 13.5 Å². The van der Waals surface area contributed by atoms with E-state index in [1.54, 1.807) is 0 Å². The molecule has 0 atom stereocenters. The van der Waals surface area contributed by atoms with Crippen LogP contribution in [0.1, 0.15) is 0 Å². The zero-order chi connectivity index (χ0) is 14.0. The van der Waals surface area contributed by atoms with Crippen molar-refractivity contribution in [3.05, 3.63) is 51.9 Å². The van der Waals surface area contributed by atoms with E-state index < -0.39 is 15.6 Å². The number of sulfonamides is 1. The van der Waals surface area contributed by atoms with Crippen molar-refractivity contribution in [1.29, 1.82) is 0 Å². The molecule has 19 heavy (non-hydrogen) atoms. The summed E-state index contributed by atoms with van der Waals surface area (Å²) in [5.41, 5.74) is -0.287. The minimum absolute atomic E-state index is 0.0232. The maximum Gasteiger partial charge on any atom is 0.266 e. The van der Waals surface area contributed by atoms with Gasteiger partial charge in [0.05, 0.1) is 0 Å². The Morgan fingerprint density at radius 3 is 2.42 bits per heavy atom. The van der Waals surface area contributed by atoms with Crippen LogP contribution in [0.3, 0.4) is 0 Å². The SMILES string of the molecule is O=c1[nH]cc(S(=O)(=O)Nc2ccc(O)cc2)cc1Cl. The second kappa shape index (κ2) is 4.94. The van der Waals surface area contributed by atoms with Crippen LogP contribution in [0.2, 0.25) is 5.02 Å². The van der Waals surface area contributed by atoms with Crippen LogP contribution in [0.15, 0.2) is 46.2 Å². The molecule has 100 valence electrons. The number of aromatic amines is 1. The van der Waals surface area contributed by atoms with Gasteiger partial charge in [0.2, 0.25) is 0 Å². The van der Waals surface area contributed by atoms with E-state index in [2.05, 4.69) is 9.71 Å². The van der Waals surface area contributed by atoms with E-state index in [9.17, 15) is 13.2 Å². The Hall–Kier alpha value is -1.99. The van der Waals surface area contributed by atoms with Crippen LogP contribution in [0.4, 0.5) is 5.69 Å². The molecular weight excluding hydrogens is 292 g/mol. The molecule has 0 saturated heterocycles. The van der Waals surface area contributed by atoms with E-state index in [4.69, 9.17) is 16.7 Å². The second-order valence-corrected chi connectivity index (χ2v) is 5.75. The molecule has 6 nitrogen and oxygen atoms in total. The van der Waals surface area contributed by atoms with E-state index in [0.29, 0.717) is 0 Å². The van der Waals surface area contributed by atoms with Gasteiger partial charge in [-0.05, 0) is 30.3 Å². The molecule has 2 rings (SSSR count). The molecule has 3 N–H and O–H groups in total. The van der Waals surface area contributed by atoms with Gasteiger partial charge in [-0.25, -0.2) is 8.42 Å². The van der Waals surface area contributed by atoms with Crippen LogP contribution in [0.5, 0.6) is 5.75 Å². The average Bonchev–Trinajstić information content (AvgIpc) is 2.35. The van der Waals surface area contributed by atoms with Crippen molar-refractivity contribution in [2.45, 2.75) is 4.90 Å². The van der Waals surface area contributed by atoms with Crippen LogP contribution in [-0.2, 0) is 10.0 Å². The standard InChI is InChI=1S/C11H9ClN2O4S/c12-10-5-9(6-13-11(10)16)19(17,18)14-7-1-3-8(15)4-2-7/h1-6,14-15H,(H,13,16). The number of rotatable bonds is 3. The number of pyridine rings is 1. The monoisotopic (exact) mass is 300 g/mol. The van der Waals surface area contributed by atoms with Crippen LogP contribution < -0.4 is 10.3 Å². The van der Waals surface area contributed by atoms with Crippen molar-refractivity contribution in [3.8, 4) is 5.75 Å². The minimum atomic E-state index is -3.85. The number of benzene rings is 1. The molecule has 0 aliphatic heterocycles. The van der Waals surface area contributed by atoms with Gasteiger partial charge in [0.25, 0.3) is 15.6 Å². The molecule has 0 aliphatic rings. The van der Waals surface area contributed by atoms with Gasteiger partial charge in [-0.3, -0.25) is 9.52 Å². The number of nitrogens with one attached hydrogen (secondary N) is 2. The molecule has 0 amide bonds. The van der Waals surface area contributed by atoms with Crippen molar-refractivity contribution in [2.24, 2.45) is 0 Å². The van der Waals surface area contributed by atoms with E-state index in [0.717, 1.165) is 12.3 Å². The number of halogens is 1. The van der Waals surface area contributed by atoms with Crippen molar-refractivity contribution >= 4 is 27.3 Å². The van der Waals surface area contributed by atoms with Gasteiger partial charge in [0.1, 0.15) is 15.7 Å². The van der Waals surface area contributed by atoms with Crippen molar-refractivity contribution in [2.75, 3.05) is 4.72 Å². The van der Waals surface area contributed by atoms with Gasteiger partial charge in [-0.1, -0.05) is 11.6 Å². The number of phenols is 1. The molecule has 0 aliphatic carbocycles. The third kappa shape index (κ3) is 3.07. The molecule has 8 heteroatoms. The maximum absolute atomic E-state index is 12.0. The van der Waals surface area contributed by atoms with E-state index >= 15 is 0 Å². The predicted molar refractivity (Wildman–Crippen MR) is 71.0 cm³/mol. The summed E-state index contributed by atoms with van der Waals surface area (Å²) in [6.45, 7) is 0. The molecule has 1 aromatic heterocycles. The lowest BCUT2D eigenvalue weighted by atomic mass is 10.3. The summed E-state index contributed by atoms with van der Waals surface area (Å²) in [5, 5.41) is 8.89. The van der Waals surface area contributed by atoms with Gasteiger partial charge in [0.15, 0.2) is 0 Å². The fourth-order valence-corrected chi connectivity index (χ4v) is 2.62. The third-order valence-electron chi connectivity index (χ3n) is 2.26. The molecule has 0 saturated carbocycles. The van der Waals surface area contributed by atoms with Gasteiger partial charge >= 0.3 is 0 Å². The minimum Gasteiger partial charge on any atom is -0.508 e. The normalized spacial score (nSPS) is 11.2. The molecular formula is C11H9ClN2O4S. The van der Waals surface area contributed by atoms with Crippen LogP contribution in [0, 0.1) is 0 Å². The van der Waals surface area contributed by atoms with Crippen LogP contribution in [-0.4, -0.2) is 18.5 Å². The van der Waals surface area contributed by atoms with Gasteiger partial charge in [0, 0.05) is 11.9 Å². The summed E-state index contributed by atoms with van der Waals surface area (Å²) in [7, 11) is -3.85. The molecule has 1 heterocycles.